The predicted octanol–water partition coefficient (Wildman–Crippen LogP) is 1.32. The van der Waals surface area contributed by atoms with Gasteiger partial charge in [-0.15, -0.1) is 0 Å². The van der Waals surface area contributed by atoms with Gasteiger partial charge in [0.15, 0.2) is 0 Å². The van der Waals surface area contributed by atoms with Gasteiger partial charge in [0.25, 0.3) is 0 Å². The summed E-state index contributed by atoms with van der Waals surface area (Å²) in [6.07, 6.45) is 0. The number of esters is 1. The molecule has 0 aromatic carbocycles. The minimum Gasteiger partial charge on any atom is -0.464 e. The molecule has 1 aromatic heterocycles. The molecule has 0 atom stereocenters. The van der Waals surface area contributed by atoms with Gasteiger partial charge in [0.1, 0.15) is 5.69 Å². The van der Waals surface area contributed by atoms with E-state index < -0.39 is 0 Å². The molecule has 0 radical (unpaired) electrons. The molecule has 1 aromatic rings. The highest BCUT2D eigenvalue weighted by molar-refractivity contribution is 5.87. The first-order valence-electron chi connectivity index (χ1n) is 3.78. The number of rotatable bonds is 2. The van der Waals surface area contributed by atoms with Gasteiger partial charge >= 0.3 is 5.97 Å². The van der Waals surface area contributed by atoms with E-state index in [0.717, 1.165) is 5.69 Å². The first-order valence-corrected chi connectivity index (χ1v) is 3.78. The summed E-state index contributed by atoms with van der Waals surface area (Å²) in [6, 6.07) is 1.70. The Morgan fingerprint density at radius 1 is 1.67 bits per heavy atom. The summed E-state index contributed by atoms with van der Waals surface area (Å²) < 4.78 is 4.52. The molecule has 1 N–H and O–H groups in total. The van der Waals surface area contributed by atoms with E-state index in [4.69, 9.17) is 0 Å². The number of nitrogens with one attached hydrogen (secondary N) is 1. The van der Waals surface area contributed by atoms with Gasteiger partial charge in [-0.3, -0.25) is 5.10 Å². The smallest absolute Gasteiger partial charge is 0.356 e. The van der Waals surface area contributed by atoms with E-state index in [2.05, 4.69) is 14.9 Å². The SMILES string of the molecule is COC(=O)c1cc(C(C)C)n[nH]1. The number of carbonyl (C=O) groups excluding carboxylic acids is 1. The maximum absolute atomic E-state index is 11.0. The van der Waals surface area contributed by atoms with Gasteiger partial charge in [0.2, 0.25) is 0 Å². The van der Waals surface area contributed by atoms with Gasteiger partial charge in [-0.05, 0) is 12.0 Å². The van der Waals surface area contributed by atoms with Crippen LogP contribution in [0.2, 0.25) is 0 Å². The van der Waals surface area contributed by atoms with Gasteiger partial charge in [-0.2, -0.15) is 5.10 Å². The number of ether oxygens (including phenoxy) is 1. The van der Waals surface area contributed by atoms with Gasteiger partial charge in [0.05, 0.1) is 12.8 Å². The van der Waals surface area contributed by atoms with Crippen LogP contribution in [0.25, 0.3) is 0 Å². The lowest BCUT2D eigenvalue weighted by Gasteiger charge is -1.94. The highest BCUT2D eigenvalue weighted by atomic mass is 16.5. The fraction of sp³-hybridized carbons (Fsp3) is 0.500. The normalized spacial score (nSPS) is 10.3. The van der Waals surface area contributed by atoms with Crippen LogP contribution in [0.4, 0.5) is 0 Å². The van der Waals surface area contributed by atoms with Crippen LogP contribution in [-0.2, 0) is 4.74 Å². The molecule has 0 saturated heterocycles. The van der Waals surface area contributed by atoms with Crippen LogP contribution in [0, 0.1) is 0 Å². The third-order valence-electron chi connectivity index (χ3n) is 1.59. The van der Waals surface area contributed by atoms with Crippen molar-refractivity contribution in [2.45, 2.75) is 19.8 Å². The quantitative estimate of drug-likeness (QED) is 0.677. The molecule has 0 unspecified atom stereocenters. The fourth-order valence-electron chi connectivity index (χ4n) is 0.848. The molecule has 0 aliphatic rings. The molecular weight excluding hydrogens is 156 g/mol. The molecule has 0 amide bonds. The Morgan fingerprint density at radius 3 is 2.75 bits per heavy atom. The molecular formula is C8H12N2O2. The maximum atomic E-state index is 11.0. The Balaban J connectivity index is 2.84. The van der Waals surface area contributed by atoms with Gasteiger partial charge in [-0.25, -0.2) is 4.79 Å². The lowest BCUT2D eigenvalue weighted by molar-refractivity contribution is 0.0594. The second kappa shape index (κ2) is 3.38. The number of aromatic nitrogens is 2. The van der Waals surface area contributed by atoms with Crippen molar-refractivity contribution in [3.8, 4) is 0 Å². The molecule has 0 aliphatic carbocycles. The third kappa shape index (κ3) is 1.64. The Morgan fingerprint density at radius 2 is 2.33 bits per heavy atom. The second-order valence-corrected chi connectivity index (χ2v) is 2.85. The average Bonchev–Trinajstić information content (AvgIpc) is 2.51. The zero-order chi connectivity index (χ0) is 9.14. The first-order chi connectivity index (χ1) is 5.65. The van der Waals surface area contributed by atoms with Gasteiger partial charge < -0.3 is 4.74 Å². The largest absolute Gasteiger partial charge is 0.464 e. The molecule has 0 aliphatic heterocycles. The maximum Gasteiger partial charge on any atom is 0.356 e. The first kappa shape index (κ1) is 8.77. The molecule has 4 nitrogen and oxygen atoms in total. The Bertz CT molecular complexity index is 278. The highest BCUT2D eigenvalue weighted by Crippen LogP contribution is 2.11. The molecule has 0 saturated carbocycles. The molecule has 12 heavy (non-hydrogen) atoms. The molecule has 66 valence electrons. The van der Waals surface area contributed by atoms with Crippen molar-refractivity contribution < 1.29 is 9.53 Å². The van der Waals surface area contributed by atoms with Crippen LogP contribution < -0.4 is 0 Å². The molecule has 0 spiro atoms. The van der Waals surface area contributed by atoms with Crippen LogP contribution in [0.3, 0.4) is 0 Å². The molecule has 1 heterocycles. The standard InChI is InChI=1S/C8H12N2O2/c1-5(2)6-4-7(10-9-6)8(11)12-3/h4-5H,1-3H3,(H,9,10). The van der Waals surface area contributed by atoms with E-state index in [1.807, 2.05) is 13.8 Å². The minimum atomic E-state index is -0.380. The molecule has 0 bridgehead atoms. The second-order valence-electron chi connectivity index (χ2n) is 2.85. The lowest BCUT2D eigenvalue weighted by atomic mass is 10.1. The summed E-state index contributed by atoms with van der Waals surface area (Å²) in [5, 5.41) is 6.57. The van der Waals surface area contributed by atoms with E-state index in [9.17, 15) is 4.79 Å². The Labute approximate surface area is 70.9 Å². The van der Waals surface area contributed by atoms with Gasteiger partial charge in [0, 0.05) is 0 Å². The zero-order valence-electron chi connectivity index (χ0n) is 7.42. The lowest BCUT2D eigenvalue weighted by Crippen LogP contribution is -2.00. The van der Waals surface area contributed by atoms with E-state index in [0.29, 0.717) is 11.6 Å². The predicted molar refractivity (Wildman–Crippen MR) is 44.0 cm³/mol. The molecule has 0 fully saturated rings. The van der Waals surface area contributed by atoms with Crippen molar-refractivity contribution >= 4 is 5.97 Å². The van der Waals surface area contributed by atoms with Crippen molar-refractivity contribution in [1.29, 1.82) is 0 Å². The number of carbonyl (C=O) groups is 1. The van der Waals surface area contributed by atoms with Crippen molar-refractivity contribution in [2.24, 2.45) is 0 Å². The number of hydrogen-bond acceptors (Lipinski definition) is 3. The summed E-state index contributed by atoms with van der Waals surface area (Å²) in [7, 11) is 1.35. The van der Waals surface area contributed by atoms with E-state index in [-0.39, 0.29) is 5.97 Å². The van der Waals surface area contributed by atoms with Crippen LogP contribution in [0.5, 0.6) is 0 Å². The Hall–Kier alpha value is -1.32. The highest BCUT2D eigenvalue weighted by Gasteiger charge is 2.10. The number of H-pyrrole nitrogens is 1. The van der Waals surface area contributed by atoms with Gasteiger partial charge in [-0.1, -0.05) is 13.8 Å². The van der Waals surface area contributed by atoms with Crippen molar-refractivity contribution in [2.75, 3.05) is 7.11 Å². The van der Waals surface area contributed by atoms with Crippen LogP contribution in [0.1, 0.15) is 35.9 Å². The number of nitrogens with zero attached hydrogens (tertiary/aromatic N) is 1. The summed E-state index contributed by atoms with van der Waals surface area (Å²) in [5.74, 6) is -0.0611. The third-order valence-corrected chi connectivity index (χ3v) is 1.59. The van der Waals surface area contributed by atoms with Crippen molar-refractivity contribution in [1.82, 2.24) is 10.2 Å². The summed E-state index contributed by atoms with van der Waals surface area (Å²) in [5.41, 5.74) is 1.27. The van der Waals surface area contributed by atoms with E-state index in [1.54, 1.807) is 6.07 Å². The topological polar surface area (TPSA) is 55.0 Å². The fourth-order valence-corrected chi connectivity index (χ4v) is 0.848. The Kier molecular flexibility index (Phi) is 2.47. The number of aromatic amines is 1. The van der Waals surface area contributed by atoms with Crippen molar-refractivity contribution in [3.63, 3.8) is 0 Å². The molecule has 1 rings (SSSR count). The van der Waals surface area contributed by atoms with E-state index in [1.165, 1.54) is 7.11 Å². The number of methoxy groups -OCH3 is 1. The summed E-state index contributed by atoms with van der Waals surface area (Å²) in [6.45, 7) is 4.02. The summed E-state index contributed by atoms with van der Waals surface area (Å²) >= 11 is 0. The average molecular weight is 168 g/mol. The number of hydrogen-bond donors (Lipinski definition) is 1. The van der Waals surface area contributed by atoms with Crippen LogP contribution in [-0.4, -0.2) is 23.3 Å². The zero-order valence-corrected chi connectivity index (χ0v) is 7.42. The monoisotopic (exact) mass is 168 g/mol. The summed E-state index contributed by atoms with van der Waals surface area (Å²) in [4.78, 5) is 11.0. The van der Waals surface area contributed by atoms with E-state index >= 15 is 0 Å². The van der Waals surface area contributed by atoms with Crippen LogP contribution >= 0.6 is 0 Å². The minimum absolute atomic E-state index is 0.319. The van der Waals surface area contributed by atoms with Crippen molar-refractivity contribution in [3.05, 3.63) is 17.5 Å². The molecule has 4 heteroatoms. The van der Waals surface area contributed by atoms with Crippen LogP contribution in [0.15, 0.2) is 6.07 Å².